The topological polar surface area (TPSA) is 76.1 Å². The molecule has 6 nitrogen and oxygen atoms in total. The highest BCUT2D eigenvalue weighted by atomic mass is 79.9. The molecule has 1 aromatic carbocycles. The number of morpholine rings is 1. The quantitative estimate of drug-likeness (QED) is 0.846. The van der Waals surface area contributed by atoms with Gasteiger partial charge < -0.3 is 19.5 Å². The van der Waals surface area contributed by atoms with E-state index < -0.39 is 12.1 Å². The molecule has 2 atom stereocenters. The molecule has 0 spiro atoms. The van der Waals surface area contributed by atoms with Crippen LogP contribution in [0.2, 0.25) is 0 Å². The fourth-order valence-electron chi connectivity index (χ4n) is 2.73. The minimum atomic E-state index is -1.06. The highest BCUT2D eigenvalue weighted by Gasteiger charge is 2.34. The molecule has 0 saturated carbocycles. The number of nitrogens with zero attached hydrogens (tertiary/aromatic N) is 1. The lowest BCUT2D eigenvalue weighted by Gasteiger charge is -2.35. The Morgan fingerprint density at radius 3 is 2.87 bits per heavy atom. The third-order valence-electron chi connectivity index (χ3n) is 3.78. The molecule has 122 valence electrons. The number of benzene rings is 1. The van der Waals surface area contributed by atoms with Crippen molar-refractivity contribution in [1.29, 1.82) is 0 Å². The number of amides is 1. The van der Waals surface area contributed by atoms with E-state index in [2.05, 4.69) is 15.9 Å². The zero-order valence-corrected chi connectivity index (χ0v) is 14.1. The van der Waals surface area contributed by atoms with Gasteiger partial charge >= 0.3 is 5.97 Å². The van der Waals surface area contributed by atoms with Crippen molar-refractivity contribution >= 4 is 33.9 Å². The van der Waals surface area contributed by atoms with E-state index in [1.807, 2.05) is 18.2 Å². The first-order valence-electron chi connectivity index (χ1n) is 7.24. The first-order chi connectivity index (χ1) is 10.9. The molecule has 7 heteroatoms. The van der Waals surface area contributed by atoms with Crippen molar-refractivity contribution in [2.24, 2.45) is 0 Å². The number of carboxylic acid groups (broad SMARTS) is 1. The summed E-state index contributed by atoms with van der Waals surface area (Å²) >= 11 is 3.39. The first kappa shape index (κ1) is 16.0. The summed E-state index contributed by atoms with van der Waals surface area (Å²) in [6.07, 6.45) is 0.483. The van der Waals surface area contributed by atoms with Gasteiger partial charge in [0.1, 0.15) is 12.4 Å². The zero-order chi connectivity index (χ0) is 16.6. The van der Waals surface area contributed by atoms with Crippen LogP contribution in [0.15, 0.2) is 28.2 Å². The second-order valence-corrected chi connectivity index (χ2v) is 6.54. The number of fused-ring (bicyclic) bond motifs is 1. The van der Waals surface area contributed by atoms with E-state index in [-0.39, 0.29) is 25.2 Å². The Balaban J connectivity index is 1.81. The fraction of sp³-hybridized carbons (Fsp3) is 0.375. The molecule has 0 bridgehead atoms. The van der Waals surface area contributed by atoms with Gasteiger partial charge in [0.15, 0.2) is 6.10 Å². The number of aliphatic carboxylic acids is 1. The van der Waals surface area contributed by atoms with Gasteiger partial charge in [-0.3, -0.25) is 4.79 Å². The van der Waals surface area contributed by atoms with E-state index in [1.165, 1.54) is 4.90 Å². The molecule has 2 aliphatic rings. The number of ether oxygens (including phenoxy) is 2. The minimum Gasteiger partial charge on any atom is -0.488 e. The number of carbonyl (C=O) groups is 2. The fourth-order valence-corrected chi connectivity index (χ4v) is 3.11. The molecule has 23 heavy (non-hydrogen) atoms. The van der Waals surface area contributed by atoms with Crippen LogP contribution in [-0.2, 0) is 14.3 Å². The smallest absolute Gasteiger partial charge is 0.334 e. The van der Waals surface area contributed by atoms with Crippen molar-refractivity contribution in [3.8, 4) is 5.75 Å². The molecule has 1 saturated heterocycles. The Bertz CT molecular complexity index is 687. The predicted molar refractivity (Wildman–Crippen MR) is 86.2 cm³/mol. The maximum absolute atomic E-state index is 12.7. The van der Waals surface area contributed by atoms with Gasteiger partial charge in [0, 0.05) is 16.6 Å². The Morgan fingerprint density at radius 1 is 1.35 bits per heavy atom. The Hall–Kier alpha value is -1.86. The highest BCUT2D eigenvalue weighted by molar-refractivity contribution is 9.10. The molecular weight excluding hydrogens is 366 g/mol. The maximum Gasteiger partial charge on any atom is 0.334 e. The average Bonchev–Trinajstić information content (AvgIpc) is 2.52. The van der Waals surface area contributed by atoms with Crippen molar-refractivity contribution in [1.82, 2.24) is 4.90 Å². The van der Waals surface area contributed by atoms with E-state index in [4.69, 9.17) is 14.6 Å². The monoisotopic (exact) mass is 381 g/mol. The molecule has 2 aliphatic heterocycles. The number of halogens is 1. The predicted octanol–water partition coefficient (Wildman–Crippen LogP) is 1.93. The van der Waals surface area contributed by atoms with Crippen molar-refractivity contribution in [3.05, 3.63) is 33.8 Å². The number of hydrogen-bond acceptors (Lipinski definition) is 4. The average molecular weight is 382 g/mol. The molecule has 3 rings (SSSR count). The van der Waals surface area contributed by atoms with Crippen LogP contribution < -0.4 is 4.74 Å². The standard InChI is InChI=1S/C16H16BrNO5/c1-9-6-18(7-14(23-9)16(20)21)15(19)11-4-10-5-12(17)2-3-13(10)22-8-11/h2-5,9,14H,6-8H2,1H3,(H,20,21)/t9-,14?/m1/s1. The number of carboxylic acids is 1. The molecule has 1 fully saturated rings. The first-order valence-corrected chi connectivity index (χ1v) is 8.04. The van der Waals surface area contributed by atoms with Gasteiger partial charge in [-0.15, -0.1) is 0 Å². The van der Waals surface area contributed by atoms with Crippen molar-refractivity contribution < 1.29 is 24.2 Å². The zero-order valence-electron chi connectivity index (χ0n) is 12.5. The van der Waals surface area contributed by atoms with E-state index in [9.17, 15) is 9.59 Å². The normalized spacial score (nSPS) is 23.6. The van der Waals surface area contributed by atoms with Gasteiger partial charge in [0.05, 0.1) is 18.2 Å². The summed E-state index contributed by atoms with van der Waals surface area (Å²) in [5.41, 5.74) is 1.33. The van der Waals surface area contributed by atoms with Crippen LogP contribution in [-0.4, -0.2) is 53.8 Å². The summed E-state index contributed by atoms with van der Waals surface area (Å²) in [5, 5.41) is 9.12. The highest BCUT2D eigenvalue weighted by Crippen LogP contribution is 2.30. The van der Waals surface area contributed by atoms with Crippen LogP contribution in [0.25, 0.3) is 6.08 Å². The van der Waals surface area contributed by atoms with Gasteiger partial charge in [-0.1, -0.05) is 15.9 Å². The number of carbonyl (C=O) groups excluding carboxylic acids is 1. The van der Waals surface area contributed by atoms with E-state index in [0.717, 1.165) is 15.8 Å². The van der Waals surface area contributed by atoms with Crippen LogP contribution in [0.1, 0.15) is 12.5 Å². The largest absolute Gasteiger partial charge is 0.488 e. The van der Waals surface area contributed by atoms with E-state index in [1.54, 1.807) is 13.0 Å². The summed E-state index contributed by atoms with van der Waals surface area (Å²) in [5.74, 6) is -0.543. The molecule has 1 N–H and O–H groups in total. The lowest BCUT2D eigenvalue weighted by atomic mass is 10.1. The van der Waals surface area contributed by atoms with Crippen LogP contribution >= 0.6 is 15.9 Å². The molecule has 1 unspecified atom stereocenters. The van der Waals surface area contributed by atoms with Crippen LogP contribution in [0, 0.1) is 0 Å². The summed E-state index contributed by atoms with van der Waals surface area (Å²) in [6.45, 7) is 2.34. The van der Waals surface area contributed by atoms with Crippen molar-refractivity contribution in [3.63, 3.8) is 0 Å². The summed E-state index contributed by atoms with van der Waals surface area (Å²) in [6, 6.07) is 5.60. The summed E-state index contributed by atoms with van der Waals surface area (Å²) < 4.78 is 11.9. The Labute approximate surface area is 141 Å². The maximum atomic E-state index is 12.7. The van der Waals surface area contributed by atoms with E-state index in [0.29, 0.717) is 12.1 Å². The van der Waals surface area contributed by atoms with Gasteiger partial charge in [0.2, 0.25) is 0 Å². The van der Waals surface area contributed by atoms with Gasteiger partial charge in [-0.25, -0.2) is 4.79 Å². The Kier molecular flexibility index (Phi) is 4.41. The third kappa shape index (κ3) is 3.40. The SMILES string of the molecule is C[C@@H]1CN(C(=O)C2=Cc3cc(Br)ccc3OC2)CC(C(=O)O)O1. The van der Waals surface area contributed by atoms with E-state index >= 15 is 0 Å². The molecule has 2 heterocycles. The number of hydrogen-bond donors (Lipinski definition) is 1. The molecule has 1 aromatic rings. The molecule has 0 radical (unpaired) electrons. The van der Waals surface area contributed by atoms with Gasteiger partial charge in [-0.05, 0) is 31.2 Å². The third-order valence-corrected chi connectivity index (χ3v) is 4.28. The lowest BCUT2D eigenvalue weighted by molar-refractivity contribution is -0.165. The lowest BCUT2D eigenvalue weighted by Crippen LogP contribution is -2.52. The Morgan fingerprint density at radius 2 is 2.13 bits per heavy atom. The van der Waals surface area contributed by atoms with Crippen LogP contribution in [0.3, 0.4) is 0 Å². The molecular formula is C16H16BrNO5. The van der Waals surface area contributed by atoms with Crippen molar-refractivity contribution in [2.45, 2.75) is 19.1 Å². The van der Waals surface area contributed by atoms with Gasteiger partial charge in [0.25, 0.3) is 5.91 Å². The second kappa shape index (κ2) is 6.33. The molecule has 1 amide bonds. The summed E-state index contributed by atoms with van der Waals surface area (Å²) in [4.78, 5) is 25.3. The second-order valence-electron chi connectivity index (χ2n) is 5.62. The molecule has 0 aromatic heterocycles. The van der Waals surface area contributed by atoms with Crippen molar-refractivity contribution in [2.75, 3.05) is 19.7 Å². The van der Waals surface area contributed by atoms with Crippen LogP contribution in [0.5, 0.6) is 5.75 Å². The minimum absolute atomic E-state index is 0.0428. The van der Waals surface area contributed by atoms with Gasteiger partial charge in [-0.2, -0.15) is 0 Å². The number of rotatable bonds is 2. The van der Waals surface area contributed by atoms with Crippen LogP contribution in [0.4, 0.5) is 0 Å². The summed E-state index contributed by atoms with van der Waals surface area (Å²) in [7, 11) is 0. The molecule has 0 aliphatic carbocycles.